The topological polar surface area (TPSA) is 73.1 Å². The molecule has 2 aromatic rings. The van der Waals surface area contributed by atoms with Crippen LogP contribution in [-0.2, 0) is 6.42 Å². The van der Waals surface area contributed by atoms with Crippen LogP contribution in [0.3, 0.4) is 0 Å². The smallest absolute Gasteiger partial charge is 0.224 e. The predicted octanol–water partition coefficient (Wildman–Crippen LogP) is 3.08. The molecule has 0 saturated carbocycles. The highest BCUT2D eigenvalue weighted by molar-refractivity contribution is 6.31. The van der Waals surface area contributed by atoms with E-state index in [0.29, 0.717) is 34.7 Å². The molecule has 0 radical (unpaired) electrons. The Bertz CT molecular complexity index is 567. The third kappa shape index (κ3) is 3.33. The first kappa shape index (κ1) is 13.6. The Morgan fingerprint density at radius 1 is 1.32 bits per heavy atom. The quantitative estimate of drug-likeness (QED) is 0.664. The first-order valence-electron chi connectivity index (χ1n) is 5.91. The van der Waals surface area contributed by atoms with Gasteiger partial charge in [-0.3, -0.25) is 0 Å². The van der Waals surface area contributed by atoms with Gasteiger partial charge in [0.2, 0.25) is 5.88 Å². The number of anilines is 1. The molecule has 5 nitrogen and oxygen atoms in total. The van der Waals surface area contributed by atoms with Crippen molar-refractivity contribution in [1.29, 1.82) is 0 Å². The van der Waals surface area contributed by atoms with Crippen molar-refractivity contribution in [2.24, 2.45) is 5.84 Å². The van der Waals surface area contributed by atoms with Crippen LogP contribution in [0, 0.1) is 6.92 Å². The van der Waals surface area contributed by atoms with Gasteiger partial charge in [-0.1, -0.05) is 18.5 Å². The van der Waals surface area contributed by atoms with Crippen LogP contribution in [0.15, 0.2) is 24.3 Å². The molecule has 2 rings (SSSR count). The van der Waals surface area contributed by atoms with Gasteiger partial charge in [-0.2, -0.15) is 4.98 Å². The van der Waals surface area contributed by atoms with Crippen molar-refractivity contribution < 1.29 is 4.74 Å². The van der Waals surface area contributed by atoms with Crippen LogP contribution < -0.4 is 16.0 Å². The molecule has 0 saturated heterocycles. The minimum Gasteiger partial charge on any atom is -0.439 e. The predicted molar refractivity (Wildman–Crippen MR) is 75.5 cm³/mol. The molecule has 0 aliphatic carbocycles. The van der Waals surface area contributed by atoms with Gasteiger partial charge in [0.25, 0.3) is 0 Å². The molecule has 0 bridgehead atoms. The van der Waals surface area contributed by atoms with E-state index in [9.17, 15) is 0 Å². The molecular weight excluding hydrogens is 264 g/mol. The molecule has 3 N–H and O–H groups in total. The Balaban J connectivity index is 2.29. The van der Waals surface area contributed by atoms with E-state index in [1.165, 1.54) is 0 Å². The van der Waals surface area contributed by atoms with Crippen molar-refractivity contribution in [3.63, 3.8) is 0 Å². The molecule has 100 valence electrons. The Morgan fingerprint density at radius 2 is 2.11 bits per heavy atom. The summed E-state index contributed by atoms with van der Waals surface area (Å²) in [6.07, 6.45) is 0.700. The van der Waals surface area contributed by atoms with Crippen LogP contribution in [0.5, 0.6) is 11.6 Å². The first-order chi connectivity index (χ1) is 9.12. The summed E-state index contributed by atoms with van der Waals surface area (Å²) in [6.45, 7) is 3.88. The number of nitrogens with two attached hydrogens (primary N) is 1. The van der Waals surface area contributed by atoms with Gasteiger partial charge in [0.05, 0.1) is 0 Å². The monoisotopic (exact) mass is 278 g/mol. The number of nitrogens with zero attached hydrogens (tertiary/aromatic N) is 2. The number of hydrazine groups is 1. The highest BCUT2D eigenvalue weighted by atomic mass is 35.5. The largest absolute Gasteiger partial charge is 0.439 e. The third-order valence-corrected chi connectivity index (χ3v) is 2.99. The van der Waals surface area contributed by atoms with Crippen LogP contribution in [-0.4, -0.2) is 9.97 Å². The van der Waals surface area contributed by atoms with Gasteiger partial charge in [0.15, 0.2) is 0 Å². The van der Waals surface area contributed by atoms with E-state index in [2.05, 4.69) is 15.4 Å². The molecule has 0 atom stereocenters. The number of benzene rings is 1. The highest BCUT2D eigenvalue weighted by Crippen LogP contribution is 2.25. The van der Waals surface area contributed by atoms with E-state index in [-0.39, 0.29) is 0 Å². The van der Waals surface area contributed by atoms with Crippen molar-refractivity contribution in [3.8, 4) is 11.6 Å². The standard InChI is InChI=1S/C13H15ClN4O/c1-3-11-16-12(18-15)7-13(17-11)19-9-4-5-10(14)8(2)6-9/h4-7H,3,15H2,1-2H3,(H,16,17,18). The fraction of sp³-hybridized carbons (Fsp3) is 0.231. The maximum atomic E-state index is 5.97. The van der Waals surface area contributed by atoms with E-state index in [4.69, 9.17) is 22.2 Å². The summed E-state index contributed by atoms with van der Waals surface area (Å²) in [7, 11) is 0. The minimum absolute atomic E-state index is 0.446. The molecular formula is C13H15ClN4O. The van der Waals surface area contributed by atoms with E-state index >= 15 is 0 Å². The summed E-state index contributed by atoms with van der Waals surface area (Å²) in [5.74, 6) is 7.67. The van der Waals surface area contributed by atoms with Gasteiger partial charge >= 0.3 is 0 Å². The first-order valence-corrected chi connectivity index (χ1v) is 6.28. The molecule has 0 amide bonds. The van der Waals surface area contributed by atoms with Crippen molar-refractivity contribution in [3.05, 3.63) is 40.7 Å². The van der Waals surface area contributed by atoms with Crippen molar-refractivity contribution in [1.82, 2.24) is 9.97 Å². The Kier molecular flexibility index (Phi) is 4.19. The summed E-state index contributed by atoms with van der Waals surface area (Å²) >= 11 is 5.97. The molecule has 0 unspecified atom stereocenters. The van der Waals surface area contributed by atoms with E-state index in [1.807, 2.05) is 19.9 Å². The fourth-order valence-corrected chi connectivity index (χ4v) is 1.68. The number of hydrogen-bond acceptors (Lipinski definition) is 5. The lowest BCUT2D eigenvalue weighted by Crippen LogP contribution is -2.10. The maximum Gasteiger partial charge on any atom is 0.224 e. The van der Waals surface area contributed by atoms with Gasteiger partial charge in [0.1, 0.15) is 17.4 Å². The zero-order chi connectivity index (χ0) is 13.8. The molecule has 0 aliphatic rings. The number of nitrogens with one attached hydrogen (secondary N) is 1. The van der Waals surface area contributed by atoms with Crippen molar-refractivity contribution in [2.45, 2.75) is 20.3 Å². The number of aromatic nitrogens is 2. The van der Waals surface area contributed by atoms with Crippen LogP contribution in [0.1, 0.15) is 18.3 Å². The molecule has 0 fully saturated rings. The van der Waals surface area contributed by atoms with Crippen molar-refractivity contribution >= 4 is 17.4 Å². The highest BCUT2D eigenvalue weighted by Gasteiger charge is 2.06. The second-order valence-electron chi connectivity index (χ2n) is 4.02. The number of ether oxygens (including phenoxy) is 1. The van der Waals surface area contributed by atoms with Gasteiger partial charge in [-0.15, -0.1) is 0 Å². The summed E-state index contributed by atoms with van der Waals surface area (Å²) < 4.78 is 5.69. The molecule has 0 spiro atoms. The second kappa shape index (κ2) is 5.86. The summed E-state index contributed by atoms with van der Waals surface area (Å²) in [5.41, 5.74) is 3.44. The third-order valence-electron chi connectivity index (χ3n) is 2.56. The van der Waals surface area contributed by atoms with Crippen LogP contribution in [0.25, 0.3) is 0 Å². The SMILES string of the molecule is CCc1nc(NN)cc(Oc2ccc(Cl)c(C)c2)n1. The molecule has 19 heavy (non-hydrogen) atoms. The zero-order valence-corrected chi connectivity index (χ0v) is 11.5. The molecule has 1 aromatic carbocycles. The van der Waals surface area contributed by atoms with Gasteiger partial charge in [-0.05, 0) is 30.7 Å². The fourth-order valence-electron chi connectivity index (χ4n) is 1.56. The number of hydrogen-bond donors (Lipinski definition) is 2. The summed E-state index contributed by atoms with van der Waals surface area (Å²) in [6, 6.07) is 7.07. The lowest BCUT2D eigenvalue weighted by atomic mass is 10.2. The van der Waals surface area contributed by atoms with Crippen LogP contribution >= 0.6 is 11.6 Å². The van der Waals surface area contributed by atoms with Gasteiger partial charge in [-0.25, -0.2) is 10.8 Å². The maximum absolute atomic E-state index is 5.97. The summed E-state index contributed by atoms with van der Waals surface area (Å²) in [4.78, 5) is 8.48. The number of nitrogen functional groups attached to an aromatic ring is 1. The Morgan fingerprint density at radius 3 is 2.74 bits per heavy atom. The summed E-state index contributed by atoms with van der Waals surface area (Å²) in [5, 5.41) is 0.702. The van der Waals surface area contributed by atoms with E-state index in [1.54, 1.807) is 18.2 Å². The zero-order valence-electron chi connectivity index (χ0n) is 10.8. The normalized spacial score (nSPS) is 10.3. The number of rotatable bonds is 4. The molecule has 6 heteroatoms. The van der Waals surface area contributed by atoms with Crippen molar-refractivity contribution in [2.75, 3.05) is 5.43 Å². The van der Waals surface area contributed by atoms with E-state index < -0.39 is 0 Å². The average molecular weight is 279 g/mol. The average Bonchev–Trinajstić information content (AvgIpc) is 2.42. The van der Waals surface area contributed by atoms with E-state index in [0.717, 1.165) is 5.56 Å². The number of halogens is 1. The molecule has 1 aromatic heterocycles. The number of aryl methyl sites for hydroxylation is 2. The molecule has 1 heterocycles. The Labute approximate surface area is 116 Å². The Hall–Kier alpha value is -1.85. The van der Waals surface area contributed by atoms with Gasteiger partial charge in [0, 0.05) is 17.5 Å². The lowest BCUT2D eigenvalue weighted by molar-refractivity contribution is 0.459. The van der Waals surface area contributed by atoms with Gasteiger partial charge < -0.3 is 10.2 Å². The lowest BCUT2D eigenvalue weighted by Gasteiger charge is -2.09. The molecule has 0 aliphatic heterocycles. The van der Waals surface area contributed by atoms with Crippen LogP contribution in [0.4, 0.5) is 5.82 Å². The van der Waals surface area contributed by atoms with Crippen LogP contribution in [0.2, 0.25) is 5.02 Å². The second-order valence-corrected chi connectivity index (χ2v) is 4.43. The minimum atomic E-state index is 0.446.